The third-order valence-electron chi connectivity index (χ3n) is 4.33. The fourth-order valence-corrected chi connectivity index (χ4v) is 3.28. The van der Waals surface area contributed by atoms with Gasteiger partial charge in [0.05, 0.1) is 16.9 Å². The van der Waals surface area contributed by atoms with E-state index in [0.717, 1.165) is 10.1 Å². The van der Waals surface area contributed by atoms with Gasteiger partial charge in [-0.1, -0.05) is 24.3 Å². The van der Waals surface area contributed by atoms with Gasteiger partial charge < -0.3 is 5.32 Å². The van der Waals surface area contributed by atoms with Crippen molar-refractivity contribution in [3.05, 3.63) is 82.7 Å². The number of amides is 1. The number of nitrogens with one attached hydrogen (secondary N) is 1. The largest absolute Gasteiger partial charge is 0.354 e. The van der Waals surface area contributed by atoms with Gasteiger partial charge in [0, 0.05) is 18.2 Å². The third kappa shape index (κ3) is 5.37. The highest BCUT2D eigenvalue weighted by Gasteiger charge is 2.10. The van der Waals surface area contributed by atoms with Gasteiger partial charge in [-0.05, 0) is 36.2 Å². The standard InChI is InChI=1S/C20H19FN4O4S/c21-17-4-2-1-3-16(17)18-11-20(27)25(13-24-18)12-19(26)23-10-9-14-5-7-15(8-6-14)30(22,28)29/h1-8,11,13H,9-10,12H2,(H,23,26)(H2,22,28,29). The summed E-state index contributed by atoms with van der Waals surface area (Å²) in [5, 5.41) is 7.72. The van der Waals surface area contributed by atoms with Gasteiger partial charge in [-0.3, -0.25) is 14.2 Å². The normalized spacial score (nSPS) is 11.3. The molecule has 1 heterocycles. The molecular weight excluding hydrogens is 411 g/mol. The van der Waals surface area contributed by atoms with Crippen LogP contribution in [0.1, 0.15) is 5.56 Å². The zero-order chi connectivity index (χ0) is 21.7. The summed E-state index contributed by atoms with van der Waals surface area (Å²) < 4.78 is 37.4. The molecule has 3 N–H and O–H groups in total. The highest BCUT2D eigenvalue weighted by molar-refractivity contribution is 7.89. The van der Waals surface area contributed by atoms with Crippen LogP contribution in [0.25, 0.3) is 11.3 Å². The average Bonchev–Trinajstić information content (AvgIpc) is 2.70. The molecule has 0 radical (unpaired) electrons. The zero-order valence-corrected chi connectivity index (χ0v) is 16.6. The Bertz CT molecular complexity index is 1220. The number of hydrogen-bond acceptors (Lipinski definition) is 5. The maximum Gasteiger partial charge on any atom is 0.254 e. The Morgan fingerprint density at radius 1 is 1.13 bits per heavy atom. The first-order chi connectivity index (χ1) is 14.2. The van der Waals surface area contributed by atoms with Crippen LogP contribution < -0.4 is 16.0 Å². The number of nitrogens with two attached hydrogens (primary N) is 1. The number of rotatable bonds is 7. The summed E-state index contributed by atoms with van der Waals surface area (Å²) in [5.41, 5.74) is 0.741. The van der Waals surface area contributed by atoms with Crippen molar-refractivity contribution in [3.63, 3.8) is 0 Å². The van der Waals surface area contributed by atoms with Crippen molar-refractivity contribution >= 4 is 15.9 Å². The monoisotopic (exact) mass is 430 g/mol. The molecule has 8 nitrogen and oxygen atoms in total. The van der Waals surface area contributed by atoms with E-state index in [1.54, 1.807) is 24.3 Å². The Hall–Kier alpha value is -3.37. The van der Waals surface area contributed by atoms with E-state index in [-0.39, 0.29) is 22.7 Å². The van der Waals surface area contributed by atoms with Gasteiger partial charge in [0.15, 0.2) is 0 Å². The van der Waals surface area contributed by atoms with E-state index >= 15 is 0 Å². The fraction of sp³-hybridized carbons (Fsp3) is 0.150. The summed E-state index contributed by atoms with van der Waals surface area (Å²) in [6, 6.07) is 13.2. The Balaban J connectivity index is 1.56. The van der Waals surface area contributed by atoms with E-state index in [2.05, 4.69) is 10.3 Å². The van der Waals surface area contributed by atoms with Crippen LogP contribution >= 0.6 is 0 Å². The number of aromatic nitrogens is 2. The molecule has 0 fully saturated rings. The second-order valence-corrected chi connectivity index (χ2v) is 8.07. The maximum absolute atomic E-state index is 13.8. The summed E-state index contributed by atoms with van der Waals surface area (Å²) in [7, 11) is -3.74. The summed E-state index contributed by atoms with van der Waals surface area (Å²) in [6.07, 6.45) is 1.67. The molecule has 0 atom stereocenters. The highest BCUT2D eigenvalue weighted by atomic mass is 32.2. The van der Waals surface area contributed by atoms with Gasteiger partial charge in [0.1, 0.15) is 12.4 Å². The lowest BCUT2D eigenvalue weighted by Gasteiger charge is -2.09. The van der Waals surface area contributed by atoms with Crippen molar-refractivity contribution in [1.82, 2.24) is 14.9 Å². The average molecular weight is 430 g/mol. The van der Waals surface area contributed by atoms with E-state index in [1.165, 1.54) is 36.7 Å². The lowest BCUT2D eigenvalue weighted by molar-refractivity contribution is -0.121. The highest BCUT2D eigenvalue weighted by Crippen LogP contribution is 2.18. The summed E-state index contributed by atoms with van der Waals surface area (Å²) in [6.45, 7) is 0.0663. The van der Waals surface area contributed by atoms with Gasteiger partial charge in [-0.25, -0.2) is 22.9 Å². The van der Waals surface area contributed by atoms with E-state index in [1.807, 2.05) is 0 Å². The zero-order valence-electron chi connectivity index (χ0n) is 15.8. The first-order valence-corrected chi connectivity index (χ1v) is 10.5. The first kappa shape index (κ1) is 21.3. The Kier molecular flexibility index (Phi) is 6.38. The number of primary sulfonamides is 1. The Morgan fingerprint density at radius 2 is 1.83 bits per heavy atom. The molecule has 0 spiro atoms. The lowest BCUT2D eigenvalue weighted by atomic mass is 10.1. The van der Waals surface area contributed by atoms with Crippen molar-refractivity contribution in [1.29, 1.82) is 0 Å². The number of carbonyl (C=O) groups excluding carboxylic acids is 1. The molecular formula is C20H19FN4O4S. The minimum absolute atomic E-state index is 0.0148. The quantitative estimate of drug-likeness (QED) is 0.580. The molecule has 0 unspecified atom stereocenters. The van der Waals surface area contributed by atoms with Crippen LogP contribution in [0.3, 0.4) is 0 Å². The molecule has 2 aromatic carbocycles. The van der Waals surface area contributed by atoms with Crippen LogP contribution in [-0.2, 0) is 27.8 Å². The Labute approximate surface area is 172 Å². The van der Waals surface area contributed by atoms with Gasteiger partial charge in [0.25, 0.3) is 5.56 Å². The lowest BCUT2D eigenvalue weighted by Crippen LogP contribution is -2.33. The van der Waals surface area contributed by atoms with Crippen LogP contribution in [0.4, 0.5) is 4.39 Å². The number of carbonyl (C=O) groups is 1. The van der Waals surface area contributed by atoms with Crippen molar-refractivity contribution < 1.29 is 17.6 Å². The van der Waals surface area contributed by atoms with E-state index < -0.39 is 27.3 Å². The fourth-order valence-electron chi connectivity index (χ4n) is 2.76. The molecule has 1 amide bonds. The number of halogens is 1. The molecule has 0 bridgehead atoms. The second kappa shape index (κ2) is 8.97. The molecule has 1 aromatic heterocycles. The number of hydrogen-bond donors (Lipinski definition) is 2. The van der Waals surface area contributed by atoms with Crippen LogP contribution in [-0.4, -0.2) is 30.4 Å². The third-order valence-corrected chi connectivity index (χ3v) is 5.26. The topological polar surface area (TPSA) is 124 Å². The summed E-state index contributed by atoms with van der Waals surface area (Å²) in [4.78, 5) is 28.4. The van der Waals surface area contributed by atoms with Gasteiger partial charge >= 0.3 is 0 Å². The van der Waals surface area contributed by atoms with Crippen LogP contribution in [0, 0.1) is 5.82 Å². The molecule has 3 aromatic rings. The van der Waals surface area contributed by atoms with E-state index in [4.69, 9.17) is 5.14 Å². The van der Waals surface area contributed by atoms with Gasteiger partial charge in [0.2, 0.25) is 15.9 Å². The van der Waals surface area contributed by atoms with Gasteiger partial charge in [-0.15, -0.1) is 0 Å². The molecule has 0 aliphatic rings. The Morgan fingerprint density at radius 3 is 2.47 bits per heavy atom. The van der Waals surface area contributed by atoms with Crippen LogP contribution in [0.2, 0.25) is 0 Å². The smallest absolute Gasteiger partial charge is 0.254 e. The predicted octanol–water partition coefficient (Wildman–Crippen LogP) is 1.06. The number of nitrogens with zero attached hydrogens (tertiary/aromatic N) is 2. The van der Waals surface area contributed by atoms with E-state index in [0.29, 0.717) is 13.0 Å². The summed E-state index contributed by atoms with van der Waals surface area (Å²) >= 11 is 0. The molecule has 30 heavy (non-hydrogen) atoms. The number of benzene rings is 2. The molecule has 3 rings (SSSR count). The molecule has 0 saturated carbocycles. The second-order valence-electron chi connectivity index (χ2n) is 6.51. The van der Waals surface area contributed by atoms with E-state index in [9.17, 15) is 22.4 Å². The van der Waals surface area contributed by atoms with Crippen LogP contribution in [0.15, 0.2) is 70.6 Å². The van der Waals surface area contributed by atoms with Crippen molar-refractivity contribution in [3.8, 4) is 11.3 Å². The summed E-state index contributed by atoms with van der Waals surface area (Å²) in [5.74, 6) is -0.879. The van der Waals surface area contributed by atoms with Gasteiger partial charge in [-0.2, -0.15) is 0 Å². The molecule has 0 aliphatic heterocycles. The van der Waals surface area contributed by atoms with Crippen molar-refractivity contribution in [2.75, 3.05) is 6.54 Å². The van der Waals surface area contributed by atoms with Crippen LogP contribution in [0.5, 0.6) is 0 Å². The predicted molar refractivity (Wildman–Crippen MR) is 108 cm³/mol. The molecule has 10 heteroatoms. The molecule has 156 valence electrons. The SMILES string of the molecule is NS(=O)(=O)c1ccc(CCNC(=O)Cn2cnc(-c3ccccc3F)cc2=O)cc1. The molecule has 0 saturated heterocycles. The maximum atomic E-state index is 13.8. The minimum Gasteiger partial charge on any atom is -0.354 e. The van der Waals surface area contributed by atoms with Crippen molar-refractivity contribution in [2.24, 2.45) is 5.14 Å². The molecule has 0 aliphatic carbocycles. The minimum atomic E-state index is -3.74. The van der Waals surface area contributed by atoms with Crippen molar-refractivity contribution in [2.45, 2.75) is 17.9 Å². The first-order valence-electron chi connectivity index (χ1n) is 8.94. The number of sulfonamides is 1.